The van der Waals surface area contributed by atoms with Crippen molar-refractivity contribution in [2.45, 2.75) is 52.1 Å². The van der Waals surface area contributed by atoms with E-state index in [4.69, 9.17) is 5.26 Å². The van der Waals surface area contributed by atoms with E-state index < -0.39 is 0 Å². The summed E-state index contributed by atoms with van der Waals surface area (Å²) in [6, 6.07) is 6.12. The molecule has 0 unspecified atom stereocenters. The number of hydrogen-bond acceptors (Lipinski definition) is 3. The van der Waals surface area contributed by atoms with Crippen LogP contribution in [0.2, 0.25) is 0 Å². The molecule has 0 aliphatic rings. The average Bonchev–Trinajstić information content (AvgIpc) is 2.80. The van der Waals surface area contributed by atoms with Gasteiger partial charge in [0, 0.05) is 17.0 Å². The van der Waals surface area contributed by atoms with Gasteiger partial charge in [-0.15, -0.1) is 11.3 Å². The summed E-state index contributed by atoms with van der Waals surface area (Å²) in [5.74, 6) is 0. The lowest BCUT2D eigenvalue weighted by atomic mass is 9.90. The van der Waals surface area contributed by atoms with Crippen molar-refractivity contribution in [3.63, 3.8) is 0 Å². The zero-order valence-corrected chi connectivity index (χ0v) is 11.2. The third kappa shape index (κ3) is 3.07. The Labute approximate surface area is 102 Å². The van der Waals surface area contributed by atoms with Crippen LogP contribution in [0, 0.1) is 11.3 Å². The zero-order valence-electron chi connectivity index (χ0n) is 10.3. The molecular formula is C13H20N2S. The number of nitrogens with one attached hydrogen (secondary N) is 1. The molecule has 2 nitrogen and oxygen atoms in total. The van der Waals surface area contributed by atoms with Crippen LogP contribution in [0.3, 0.4) is 0 Å². The lowest BCUT2D eigenvalue weighted by Gasteiger charge is -2.31. The van der Waals surface area contributed by atoms with Crippen molar-refractivity contribution in [1.82, 2.24) is 5.32 Å². The lowest BCUT2D eigenvalue weighted by molar-refractivity contribution is 0.289. The van der Waals surface area contributed by atoms with Crippen LogP contribution in [0.5, 0.6) is 0 Å². The van der Waals surface area contributed by atoms with Gasteiger partial charge in [0.15, 0.2) is 0 Å². The molecule has 1 aromatic rings. The quantitative estimate of drug-likeness (QED) is 0.818. The third-order valence-corrected chi connectivity index (χ3v) is 4.43. The number of rotatable bonds is 6. The molecule has 1 heterocycles. The van der Waals surface area contributed by atoms with Crippen LogP contribution < -0.4 is 5.32 Å². The molecule has 0 bridgehead atoms. The summed E-state index contributed by atoms with van der Waals surface area (Å²) >= 11 is 1.58. The third-order valence-electron chi connectivity index (χ3n) is 3.44. The molecule has 3 heteroatoms. The van der Waals surface area contributed by atoms with E-state index in [9.17, 15) is 0 Å². The number of nitrogens with zero attached hydrogens (tertiary/aromatic N) is 1. The first-order valence-electron chi connectivity index (χ1n) is 5.93. The highest BCUT2D eigenvalue weighted by molar-refractivity contribution is 7.12. The van der Waals surface area contributed by atoms with Gasteiger partial charge >= 0.3 is 0 Å². The van der Waals surface area contributed by atoms with E-state index >= 15 is 0 Å². The molecule has 0 fully saturated rings. The van der Waals surface area contributed by atoms with Crippen LogP contribution in [-0.2, 0) is 6.54 Å². The Morgan fingerprint density at radius 2 is 1.88 bits per heavy atom. The first kappa shape index (κ1) is 13.2. The Kier molecular flexibility index (Phi) is 4.98. The number of thiophene rings is 1. The summed E-state index contributed by atoms with van der Waals surface area (Å²) in [7, 11) is 0. The molecule has 1 aromatic heterocycles. The second-order valence-corrected chi connectivity index (χ2v) is 5.24. The molecule has 88 valence electrons. The molecule has 0 aromatic carbocycles. The summed E-state index contributed by atoms with van der Waals surface area (Å²) in [6.45, 7) is 7.57. The van der Waals surface area contributed by atoms with Crippen molar-refractivity contribution in [3.05, 3.63) is 21.9 Å². The summed E-state index contributed by atoms with van der Waals surface area (Å²) in [6.07, 6.45) is 3.45. The van der Waals surface area contributed by atoms with Crippen molar-refractivity contribution in [2.24, 2.45) is 0 Å². The van der Waals surface area contributed by atoms with Gasteiger partial charge in [0.25, 0.3) is 0 Å². The fourth-order valence-electron chi connectivity index (χ4n) is 1.93. The van der Waals surface area contributed by atoms with E-state index in [1.54, 1.807) is 11.3 Å². The van der Waals surface area contributed by atoms with Crippen LogP contribution in [-0.4, -0.2) is 5.54 Å². The van der Waals surface area contributed by atoms with Gasteiger partial charge < -0.3 is 5.32 Å². The summed E-state index contributed by atoms with van der Waals surface area (Å²) in [5, 5.41) is 12.4. The van der Waals surface area contributed by atoms with Crippen LogP contribution in [0.25, 0.3) is 0 Å². The van der Waals surface area contributed by atoms with E-state index in [2.05, 4.69) is 32.2 Å². The van der Waals surface area contributed by atoms with E-state index in [-0.39, 0.29) is 5.54 Å². The monoisotopic (exact) mass is 236 g/mol. The molecule has 0 amide bonds. The molecule has 0 atom stereocenters. The Bertz CT molecular complexity index is 350. The molecule has 1 rings (SSSR count). The first-order valence-corrected chi connectivity index (χ1v) is 6.75. The maximum absolute atomic E-state index is 8.76. The fraction of sp³-hybridized carbons (Fsp3) is 0.615. The van der Waals surface area contributed by atoms with E-state index in [0.29, 0.717) is 0 Å². The van der Waals surface area contributed by atoms with Gasteiger partial charge in [-0.25, -0.2) is 0 Å². The van der Waals surface area contributed by atoms with Gasteiger partial charge in [-0.2, -0.15) is 5.26 Å². The summed E-state index contributed by atoms with van der Waals surface area (Å²) in [4.78, 5) is 2.04. The highest BCUT2D eigenvalue weighted by atomic mass is 32.1. The molecule has 16 heavy (non-hydrogen) atoms. The number of hydrogen-bond donors (Lipinski definition) is 1. The van der Waals surface area contributed by atoms with Crippen molar-refractivity contribution in [2.75, 3.05) is 0 Å². The highest BCUT2D eigenvalue weighted by Gasteiger charge is 2.22. The van der Waals surface area contributed by atoms with Crippen LogP contribution in [0.15, 0.2) is 12.1 Å². The topological polar surface area (TPSA) is 35.8 Å². The SMILES string of the molecule is CCC(CC)(CC)NCc1ccc(C#N)s1. The van der Waals surface area contributed by atoms with Crippen molar-refractivity contribution in [1.29, 1.82) is 5.26 Å². The molecule has 0 radical (unpaired) electrons. The van der Waals surface area contributed by atoms with Gasteiger partial charge in [0.05, 0.1) is 0 Å². The van der Waals surface area contributed by atoms with E-state index in [1.165, 1.54) is 4.88 Å². The van der Waals surface area contributed by atoms with Crippen molar-refractivity contribution < 1.29 is 0 Å². The molecule has 0 saturated carbocycles. The second-order valence-electron chi connectivity index (χ2n) is 4.07. The van der Waals surface area contributed by atoms with Crippen LogP contribution in [0.1, 0.15) is 49.8 Å². The largest absolute Gasteiger partial charge is 0.306 e. The Morgan fingerprint density at radius 3 is 2.31 bits per heavy atom. The fourth-order valence-corrected chi connectivity index (χ4v) is 2.68. The van der Waals surface area contributed by atoms with Gasteiger partial charge in [-0.1, -0.05) is 20.8 Å². The molecule has 0 spiro atoms. The van der Waals surface area contributed by atoms with Gasteiger partial charge in [0.1, 0.15) is 10.9 Å². The first-order chi connectivity index (χ1) is 7.69. The smallest absolute Gasteiger partial charge is 0.110 e. The minimum atomic E-state index is 0.261. The Hall–Kier alpha value is -0.850. The summed E-state index contributed by atoms with van der Waals surface area (Å²) < 4.78 is 0. The Morgan fingerprint density at radius 1 is 1.25 bits per heavy atom. The Balaban J connectivity index is 2.59. The average molecular weight is 236 g/mol. The standard InChI is InChI=1S/C13H20N2S/c1-4-13(5-2,6-3)15-10-12-8-7-11(9-14)16-12/h7-8,15H,4-6,10H2,1-3H3. The van der Waals surface area contributed by atoms with Crippen molar-refractivity contribution >= 4 is 11.3 Å². The minimum Gasteiger partial charge on any atom is -0.306 e. The van der Waals surface area contributed by atoms with E-state index in [0.717, 1.165) is 30.7 Å². The molecule has 1 N–H and O–H groups in total. The highest BCUT2D eigenvalue weighted by Crippen LogP contribution is 2.22. The minimum absolute atomic E-state index is 0.261. The molecule has 0 aliphatic heterocycles. The van der Waals surface area contributed by atoms with E-state index in [1.807, 2.05) is 12.1 Å². The molecule has 0 saturated heterocycles. The maximum atomic E-state index is 8.76. The molecule has 0 aliphatic carbocycles. The van der Waals surface area contributed by atoms with Crippen LogP contribution in [0.4, 0.5) is 0 Å². The van der Waals surface area contributed by atoms with Gasteiger partial charge in [-0.3, -0.25) is 0 Å². The second kappa shape index (κ2) is 6.03. The zero-order chi connectivity index (χ0) is 12.0. The van der Waals surface area contributed by atoms with Gasteiger partial charge in [-0.05, 0) is 31.4 Å². The van der Waals surface area contributed by atoms with Crippen LogP contribution >= 0.6 is 11.3 Å². The van der Waals surface area contributed by atoms with Gasteiger partial charge in [0.2, 0.25) is 0 Å². The lowest BCUT2D eigenvalue weighted by Crippen LogP contribution is -2.42. The normalized spacial score (nSPS) is 11.4. The molecular weight excluding hydrogens is 216 g/mol. The maximum Gasteiger partial charge on any atom is 0.110 e. The van der Waals surface area contributed by atoms with Crippen molar-refractivity contribution in [3.8, 4) is 6.07 Å². The number of nitriles is 1. The predicted molar refractivity (Wildman–Crippen MR) is 69.5 cm³/mol. The summed E-state index contributed by atoms with van der Waals surface area (Å²) in [5.41, 5.74) is 0.261. The predicted octanol–water partition coefficient (Wildman–Crippen LogP) is 3.68.